The van der Waals surface area contributed by atoms with Gasteiger partial charge < -0.3 is 23.7 Å². The van der Waals surface area contributed by atoms with E-state index in [2.05, 4.69) is 20.8 Å². The summed E-state index contributed by atoms with van der Waals surface area (Å²) >= 11 is 0. The van der Waals surface area contributed by atoms with Crippen LogP contribution < -0.4 is 0 Å². The summed E-state index contributed by atoms with van der Waals surface area (Å²) in [4.78, 5) is 12.2. The third-order valence-corrected chi connectivity index (χ3v) is 5.17. The summed E-state index contributed by atoms with van der Waals surface area (Å²) in [7, 11) is 0. The van der Waals surface area contributed by atoms with Crippen molar-refractivity contribution >= 4 is 5.97 Å². The summed E-state index contributed by atoms with van der Waals surface area (Å²) in [6.07, 6.45) is 5.39. The highest BCUT2D eigenvalue weighted by Gasteiger charge is 2.56. The maximum Gasteiger partial charge on any atom is 0.308 e. The Kier molecular flexibility index (Phi) is 13.0. The first-order valence-corrected chi connectivity index (χ1v) is 11.2. The number of ether oxygens (including phenoxy) is 5. The normalized spacial score (nSPS) is 27.2. The molecule has 0 radical (unpaired) electrons. The zero-order valence-electron chi connectivity index (χ0n) is 18.7. The molecule has 0 aromatic carbocycles. The first-order chi connectivity index (χ1) is 13.5. The Morgan fingerprint density at radius 2 is 1.61 bits per heavy atom. The van der Waals surface area contributed by atoms with Crippen molar-refractivity contribution in [3.63, 3.8) is 0 Å². The van der Waals surface area contributed by atoms with Gasteiger partial charge in [0.2, 0.25) is 0 Å². The van der Waals surface area contributed by atoms with Crippen LogP contribution in [-0.4, -0.2) is 62.9 Å². The van der Waals surface area contributed by atoms with Gasteiger partial charge in [0.25, 0.3) is 0 Å². The van der Waals surface area contributed by atoms with Gasteiger partial charge in [-0.25, -0.2) is 0 Å². The van der Waals surface area contributed by atoms with Crippen molar-refractivity contribution in [1.82, 2.24) is 0 Å². The Balaban J connectivity index is 2.91. The van der Waals surface area contributed by atoms with Crippen LogP contribution in [0.15, 0.2) is 0 Å². The lowest BCUT2D eigenvalue weighted by molar-refractivity contribution is -0.157. The molecule has 0 N–H and O–H groups in total. The van der Waals surface area contributed by atoms with Crippen LogP contribution in [0.2, 0.25) is 0 Å². The number of carbonyl (C=O) groups is 1. The van der Waals surface area contributed by atoms with E-state index >= 15 is 0 Å². The Labute approximate surface area is 171 Å². The molecule has 1 rings (SSSR count). The van der Waals surface area contributed by atoms with Crippen LogP contribution in [0.5, 0.6) is 0 Å². The second kappa shape index (κ2) is 14.3. The molecule has 0 spiro atoms. The van der Waals surface area contributed by atoms with E-state index in [9.17, 15) is 4.79 Å². The molecule has 1 saturated heterocycles. The average molecular weight is 403 g/mol. The summed E-state index contributed by atoms with van der Waals surface area (Å²) < 4.78 is 29.8. The highest BCUT2D eigenvalue weighted by atomic mass is 16.6. The predicted molar refractivity (Wildman–Crippen MR) is 110 cm³/mol. The number of esters is 1. The van der Waals surface area contributed by atoms with E-state index in [1.54, 1.807) is 0 Å². The molecule has 1 heterocycles. The SMILES string of the molecule is CCCCOC[C@H]1OC(CC(=O)OCC)[C@](C)(OCCCC)[C@@H]1OCCCC. The van der Waals surface area contributed by atoms with Gasteiger partial charge in [-0.05, 0) is 33.1 Å². The van der Waals surface area contributed by atoms with Gasteiger partial charge in [-0.15, -0.1) is 0 Å². The number of rotatable bonds is 16. The second-order valence-electron chi connectivity index (χ2n) is 7.63. The average Bonchev–Trinajstić information content (AvgIpc) is 2.91. The fourth-order valence-corrected chi connectivity index (χ4v) is 3.40. The van der Waals surface area contributed by atoms with Gasteiger partial charge in [-0.3, -0.25) is 4.79 Å². The maximum absolute atomic E-state index is 12.2. The van der Waals surface area contributed by atoms with Crippen LogP contribution in [0.4, 0.5) is 0 Å². The van der Waals surface area contributed by atoms with E-state index in [4.69, 9.17) is 23.7 Å². The van der Waals surface area contributed by atoms with E-state index in [-0.39, 0.29) is 24.6 Å². The van der Waals surface area contributed by atoms with E-state index < -0.39 is 11.7 Å². The number of hydrogen-bond acceptors (Lipinski definition) is 6. The smallest absolute Gasteiger partial charge is 0.308 e. The minimum absolute atomic E-state index is 0.162. The summed E-state index contributed by atoms with van der Waals surface area (Å²) in [5.41, 5.74) is -0.700. The van der Waals surface area contributed by atoms with E-state index in [0.29, 0.717) is 33.0 Å². The van der Waals surface area contributed by atoms with Gasteiger partial charge in [0.1, 0.15) is 17.8 Å². The van der Waals surface area contributed by atoms with Gasteiger partial charge in [-0.2, -0.15) is 0 Å². The van der Waals surface area contributed by atoms with Crippen LogP contribution in [0, 0.1) is 0 Å². The molecule has 1 aliphatic heterocycles. The summed E-state index contributed by atoms with van der Waals surface area (Å²) in [6.45, 7) is 13.0. The minimum atomic E-state index is -0.700. The van der Waals surface area contributed by atoms with Crippen LogP contribution in [0.3, 0.4) is 0 Å². The topological polar surface area (TPSA) is 63.2 Å². The largest absolute Gasteiger partial charge is 0.466 e. The third-order valence-electron chi connectivity index (χ3n) is 5.17. The van der Waals surface area contributed by atoms with Crippen LogP contribution in [0.25, 0.3) is 0 Å². The molecule has 1 unspecified atom stereocenters. The molecule has 0 bridgehead atoms. The molecule has 4 atom stereocenters. The fourth-order valence-electron chi connectivity index (χ4n) is 3.40. The zero-order chi connectivity index (χ0) is 20.8. The van der Waals surface area contributed by atoms with Crippen molar-refractivity contribution in [1.29, 1.82) is 0 Å². The van der Waals surface area contributed by atoms with Crippen LogP contribution in [-0.2, 0) is 28.5 Å². The third kappa shape index (κ3) is 7.97. The Bertz CT molecular complexity index is 416. The van der Waals surface area contributed by atoms with E-state index in [0.717, 1.165) is 38.5 Å². The standard InChI is InChI=1S/C22H42O6/c1-6-10-13-24-17-18-21(26-14-11-7-2)22(5,27-15-12-8-3)19(28-18)16-20(23)25-9-4/h18-19,21H,6-17H2,1-5H3/t18-,19?,21-,22+/m1/s1. The lowest BCUT2D eigenvalue weighted by atomic mass is 9.90. The predicted octanol–water partition coefficient (Wildman–Crippen LogP) is 4.28. The monoisotopic (exact) mass is 402 g/mol. The van der Waals surface area contributed by atoms with E-state index in [1.807, 2.05) is 13.8 Å². The Morgan fingerprint density at radius 1 is 0.964 bits per heavy atom. The van der Waals surface area contributed by atoms with Gasteiger partial charge in [-0.1, -0.05) is 40.0 Å². The Morgan fingerprint density at radius 3 is 2.25 bits per heavy atom. The van der Waals surface area contributed by atoms with Gasteiger partial charge in [0, 0.05) is 19.8 Å². The molecule has 0 amide bonds. The minimum Gasteiger partial charge on any atom is -0.466 e. The summed E-state index contributed by atoms with van der Waals surface area (Å²) in [5.74, 6) is -0.266. The zero-order valence-corrected chi connectivity index (χ0v) is 18.7. The molecule has 0 aromatic rings. The van der Waals surface area contributed by atoms with Crippen molar-refractivity contribution in [2.75, 3.05) is 33.0 Å². The first-order valence-electron chi connectivity index (χ1n) is 11.2. The lowest BCUT2D eigenvalue weighted by Gasteiger charge is -2.35. The molecule has 0 aromatic heterocycles. The van der Waals surface area contributed by atoms with Crippen molar-refractivity contribution < 1.29 is 28.5 Å². The molecular formula is C22H42O6. The lowest BCUT2D eigenvalue weighted by Crippen LogP contribution is -2.50. The quantitative estimate of drug-likeness (QED) is 0.284. The highest BCUT2D eigenvalue weighted by molar-refractivity contribution is 5.70. The highest BCUT2D eigenvalue weighted by Crippen LogP contribution is 2.39. The fraction of sp³-hybridized carbons (Fsp3) is 0.955. The van der Waals surface area contributed by atoms with E-state index in [1.165, 1.54) is 0 Å². The molecular weight excluding hydrogens is 360 g/mol. The maximum atomic E-state index is 12.2. The van der Waals surface area contributed by atoms with Crippen molar-refractivity contribution in [2.24, 2.45) is 0 Å². The summed E-state index contributed by atoms with van der Waals surface area (Å²) in [6, 6.07) is 0. The summed E-state index contributed by atoms with van der Waals surface area (Å²) in [5, 5.41) is 0. The van der Waals surface area contributed by atoms with Crippen molar-refractivity contribution in [3.05, 3.63) is 0 Å². The molecule has 6 heteroatoms. The second-order valence-corrected chi connectivity index (χ2v) is 7.63. The van der Waals surface area contributed by atoms with Gasteiger partial charge >= 0.3 is 5.97 Å². The van der Waals surface area contributed by atoms with Crippen molar-refractivity contribution in [3.8, 4) is 0 Å². The van der Waals surface area contributed by atoms with Gasteiger partial charge in [0.15, 0.2) is 0 Å². The molecule has 0 saturated carbocycles. The molecule has 0 aliphatic carbocycles. The number of hydrogen-bond donors (Lipinski definition) is 0. The molecule has 1 aliphatic rings. The Hall–Kier alpha value is -0.690. The number of unbranched alkanes of at least 4 members (excludes halogenated alkanes) is 3. The molecule has 6 nitrogen and oxygen atoms in total. The van der Waals surface area contributed by atoms with Gasteiger partial charge in [0.05, 0.1) is 25.7 Å². The van der Waals surface area contributed by atoms with Crippen LogP contribution >= 0.6 is 0 Å². The molecule has 1 fully saturated rings. The number of carbonyl (C=O) groups excluding carboxylic acids is 1. The van der Waals surface area contributed by atoms with Crippen molar-refractivity contribution in [2.45, 2.75) is 103 Å². The first kappa shape index (κ1) is 25.3. The van der Waals surface area contributed by atoms with Crippen LogP contribution in [0.1, 0.15) is 79.6 Å². The molecule has 28 heavy (non-hydrogen) atoms. The molecule has 166 valence electrons.